The molecule has 2 aliphatic heterocycles. The van der Waals surface area contributed by atoms with Gasteiger partial charge in [0.25, 0.3) is 0 Å². The van der Waals surface area contributed by atoms with E-state index in [1.54, 1.807) is 0 Å². The van der Waals surface area contributed by atoms with Crippen LogP contribution in [0.3, 0.4) is 0 Å². The Labute approximate surface area is 135 Å². The summed E-state index contributed by atoms with van der Waals surface area (Å²) in [5.74, 6) is -3.13. The summed E-state index contributed by atoms with van der Waals surface area (Å²) < 4.78 is 0. The number of nitrogens with two attached hydrogens (primary N) is 1. The molecule has 3 atom stereocenters. The Kier molecular flexibility index (Phi) is 3.61. The number of hydrogen-bond acceptors (Lipinski definition) is 6. The van der Waals surface area contributed by atoms with Crippen molar-refractivity contribution in [3.63, 3.8) is 0 Å². The molecule has 1 aromatic heterocycles. The Morgan fingerprint density at radius 1 is 1.48 bits per heavy atom. The summed E-state index contributed by atoms with van der Waals surface area (Å²) in [6.45, 7) is 1.48. The molecule has 1 fully saturated rings. The van der Waals surface area contributed by atoms with Gasteiger partial charge in [0.15, 0.2) is 0 Å². The summed E-state index contributed by atoms with van der Waals surface area (Å²) in [5, 5.41) is 18.7. The van der Waals surface area contributed by atoms with E-state index in [2.05, 4.69) is 4.98 Å². The normalized spacial score (nSPS) is 24.3. The maximum Gasteiger partial charge on any atom is 0.353 e. The molecule has 1 saturated heterocycles. The predicted molar refractivity (Wildman–Crippen MR) is 80.7 cm³/mol. The highest BCUT2D eigenvalue weighted by molar-refractivity contribution is 8.09. The van der Waals surface area contributed by atoms with Crippen molar-refractivity contribution in [2.24, 2.45) is 11.7 Å². The molecule has 0 bridgehead atoms. The van der Waals surface area contributed by atoms with Gasteiger partial charge in [0.2, 0.25) is 11.8 Å². The van der Waals surface area contributed by atoms with Crippen LogP contribution in [0.4, 0.5) is 0 Å². The lowest BCUT2D eigenvalue weighted by Gasteiger charge is -2.43. The fourth-order valence-corrected chi connectivity index (χ4v) is 4.40. The van der Waals surface area contributed by atoms with E-state index in [1.807, 2.05) is 0 Å². The molecule has 9 heteroatoms. The standard InChI is InChI=1S/C14H13N3O5S/c1-5(18)8-12(20)17-9(14(21)22)10(23-13(8)17)7-4-16-3-2-6(7)11(15)19/h2-5,8,13,18H,1H3,(H2,15,19)(H,21,22)/t5-,8+,13-/m1/s1. The Morgan fingerprint density at radius 2 is 2.17 bits per heavy atom. The molecule has 0 radical (unpaired) electrons. The number of aliphatic hydroxyl groups excluding tert-OH is 1. The smallest absolute Gasteiger partial charge is 0.353 e. The molecule has 3 rings (SSSR count). The molecule has 0 spiro atoms. The minimum Gasteiger partial charge on any atom is -0.477 e. The lowest BCUT2D eigenvalue weighted by atomic mass is 9.92. The second-order valence-corrected chi connectivity index (χ2v) is 6.38. The Hall–Kier alpha value is -2.39. The predicted octanol–water partition coefficient (Wildman–Crippen LogP) is -0.154. The number of fused-ring (bicyclic) bond motifs is 1. The van der Waals surface area contributed by atoms with Crippen LogP contribution < -0.4 is 5.73 Å². The second kappa shape index (κ2) is 5.36. The van der Waals surface area contributed by atoms with Crippen LogP contribution in [-0.4, -0.2) is 49.4 Å². The zero-order chi connectivity index (χ0) is 16.9. The average Bonchev–Trinajstić information content (AvgIpc) is 2.81. The fraction of sp³-hybridized carbons (Fsp3) is 0.286. The third-order valence-corrected chi connectivity index (χ3v) is 5.23. The van der Waals surface area contributed by atoms with Crippen LogP contribution in [0.5, 0.6) is 0 Å². The minimum absolute atomic E-state index is 0.129. The third-order valence-electron chi connectivity index (χ3n) is 3.83. The lowest BCUT2D eigenvalue weighted by molar-refractivity contribution is -0.156. The summed E-state index contributed by atoms with van der Waals surface area (Å²) in [4.78, 5) is 40.6. The summed E-state index contributed by atoms with van der Waals surface area (Å²) in [6, 6.07) is 1.40. The molecule has 23 heavy (non-hydrogen) atoms. The first kappa shape index (κ1) is 15.5. The van der Waals surface area contributed by atoms with Crippen molar-refractivity contribution in [2.75, 3.05) is 0 Å². The highest BCUT2D eigenvalue weighted by Crippen LogP contribution is 2.54. The maximum absolute atomic E-state index is 12.1. The number of nitrogens with zero attached hydrogens (tertiary/aromatic N) is 2. The first-order valence-corrected chi connectivity index (χ1v) is 7.62. The van der Waals surface area contributed by atoms with E-state index >= 15 is 0 Å². The van der Waals surface area contributed by atoms with Crippen molar-refractivity contribution in [3.8, 4) is 0 Å². The number of carbonyl (C=O) groups is 3. The zero-order valence-corrected chi connectivity index (χ0v) is 12.8. The monoisotopic (exact) mass is 335 g/mol. The van der Waals surface area contributed by atoms with Crippen LogP contribution in [0.2, 0.25) is 0 Å². The first-order chi connectivity index (χ1) is 10.8. The van der Waals surface area contributed by atoms with Gasteiger partial charge in [-0.3, -0.25) is 19.5 Å². The molecule has 120 valence electrons. The van der Waals surface area contributed by atoms with Crippen molar-refractivity contribution in [1.29, 1.82) is 0 Å². The quantitative estimate of drug-likeness (QED) is 0.651. The van der Waals surface area contributed by atoms with Gasteiger partial charge in [0.1, 0.15) is 11.1 Å². The van der Waals surface area contributed by atoms with Crippen molar-refractivity contribution in [3.05, 3.63) is 35.3 Å². The Morgan fingerprint density at radius 3 is 2.74 bits per heavy atom. The van der Waals surface area contributed by atoms with Crippen molar-refractivity contribution >= 4 is 34.5 Å². The van der Waals surface area contributed by atoms with E-state index < -0.39 is 35.2 Å². The SMILES string of the molecule is C[C@@H](O)[C@H]1C(=O)N2C(C(=O)O)=C(c3cnccc3C(N)=O)S[C@H]12. The second-order valence-electron chi connectivity index (χ2n) is 5.25. The largest absolute Gasteiger partial charge is 0.477 e. The number of amides is 2. The van der Waals surface area contributed by atoms with Crippen LogP contribution in [-0.2, 0) is 9.59 Å². The van der Waals surface area contributed by atoms with Crippen LogP contribution in [0, 0.1) is 5.92 Å². The number of aromatic nitrogens is 1. The van der Waals surface area contributed by atoms with E-state index in [1.165, 1.54) is 25.4 Å². The number of carboxylic acids is 1. The molecule has 3 heterocycles. The molecular formula is C14H13N3O5S. The molecule has 2 aliphatic rings. The summed E-state index contributed by atoms with van der Waals surface area (Å²) >= 11 is 1.12. The van der Waals surface area contributed by atoms with Crippen molar-refractivity contribution < 1.29 is 24.6 Å². The zero-order valence-electron chi connectivity index (χ0n) is 12.0. The fourth-order valence-electron chi connectivity index (χ4n) is 2.76. The highest BCUT2D eigenvalue weighted by atomic mass is 32.2. The number of primary amides is 1. The van der Waals surface area contributed by atoms with Gasteiger partial charge in [0, 0.05) is 18.0 Å². The number of aliphatic hydroxyl groups is 1. The molecule has 0 aliphatic carbocycles. The molecule has 1 aromatic rings. The molecule has 4 N–H and O–H groups in total. The first-order valence-electron chi connectivity index (χ1n) is 6.74. The maximum atomic E-state index is 12.1. The van der Waals surface area contributed by atoms with E-state index in [9.17, 15) is 24.6 Å². The summed E-state index contributed by atoms with van der Waals surface area (Å²) in [7, 11) is 0. The summed E-state index contributed by atoms with van der Waals surface area (Å²) in [5.41, 5.74) is 5.52. The van der Waals surface area contributed by atoms with Crippen LogP contribution >= 0.6 is 11.8 Å². The number of thioether (sulfide) groups is 1. The van der Waals surface area contributed by atoms with Crippen molar-refractivity contribution in [1.82, 2.24) is 9.88 Å². The third kappa shape index (κ3) is 2.20. The van der Waals surface area contributed by atoms with E-state index in [0.717, 1.165) is 16.7 Å². The average molecular weight is 335 g/mol. The van der Waals surface area contributed by atoms with Crippen LogP contribution in [0.25, 0.3) is 4.91 Å². The van der Waals surface area contributed by atoms with E-state index in [4.69, 9.17) is 5.73 Å². The van der Waals surface area contributed by atoms with Crippen molar-refractivity contribution in [2.45, 2.75) is 18.4 Å². The minimum atomic E-state index is -1.29. The van der Waals surface area contributed by atoms with Crippen LogP contribution in [0.15, 0.2) is 24.2 Å². The molecule has 8 nitrogen and oxygen atoms in total. The summed E-state index contributed by atoms with van der Waals surface area (Å²) in [6.07, 6.45) is 1.83. The van der Waals surface area contributed by atoms with E-state index in [-0.39, 0.29) is 21.7 Å². The molecule has 0 unspecified atom stereocenters. The number of rotatable bonds is 4. The van der Waals surface area contributed by atoms with Gasteiger partial charge in [-0.2, -0.15) is 0 Å². The number of β-lactam (4-membered cyclic amide) rings is 1. The number of pyridine rings is 1. The molecule has 0 saturated carbocycles. The van der Waals surface area contributed by atoms with Gasteiger partial charge in [-0.15, -0.1) is 0 Å². The van der Waals surface area contributed by atoms with Gasteiger partial charge in [-0.25, -0.2) is 4.79 Å². The topological polar surface area (TPSA) is 134 Å². The lowest BCUT2D eigenvalue weighted by Crippen LogP contribution is -2.60. The van der Waals surface area contributed by atoms with E-state index in [0.29, 0.717) is 0 Å². The van der Waals surface area contributed by atoms with Gasteiger partial charge < -0.3 is 15.9 Å². The van der Waals surface area contributed by atoms with Gasteiger partial charge >= 0.3 is 5.97 Å². The number of hydrogen-bond donors (Lipinski definition) is 3. The van der Waals surface area contributed by atoms with Gasteiger partial charge in [-0.1, -0.05) is 11.8 Å². The Balaban J connectivity index is 2.11. The van der Waals surface area contributed by atoms with Gasteiger partial charge in [0.05, 0.1) is 22.5 Å². The number of aliphatic carboxylic acids is 1. The molecule has 0 aromatic carbocycles. The highest BCUT2D eigenvalue weighted by Gasteiger charge is 2.58. The molecule has 2 amide bonds. The Bertz CT molecular complexity index is 761. The van der Waals surface area contributed by atoms with Crippen LogP contribution in [0.1, 0.15) is 22.8 Å². The molecular weight excluding hydrogens is 322 g/mol. The van der Waals surface area contributed by atoms with Gasteiger partial charge in [-0.05, 0) is 13.0 Å². The number of carboxylic acid groups (broad SMARTS) is 1. The number of carbonyl (C=O) groups excluding carboxylic acids is 2.